The fourth-order valence-corrected chi connectivity index (χ4v) is 5.05. The molecule has 2 aromatic rings. The van der Waals surface area contributed by atoms with Gasteiger partial charge in [-0.1, -0.05) is 12.1 Å². The first-order valence-corrected chi connectivity index (χ1v) is 12.1. The number of nitrogens with zero attached hydrogens (tertiary/aromatic N) is 4. The van der Waals surface area contributed by atoms with E-state index in [1.165, 1.54) is 18.3 Å². The monoisotopic (exact) mass is 569 g/mol. The molecule has 0 radical (unpaired) electrons. The molecule has 15 heteroatoms. The molecule has 1 aromatic heterocycles. The van der Waals surface area contributed by atoms with Gasteiger partial charge in [-0.2, -0.15) is 13.2 Å². The Morgan fingerprint density at radius 1 is 1.12 bits per heavy atom. The van der Waals surface area contributed by atoms with Crippen LogP contribution in [0.4, 0.5) is 26.7 Å². The highest BCUT2D eigenvalue weighted by Crippen LogP contribution is 2.40. The average Bonchev–Trinajstić information content (AvgIpc) is 3.07. The van der Waals surface area contributed by atoms with E-state index in [2.05, 4.69) is 4.98 Å². The summed E-state index contributed by atoms with van der Waals surface area (Å²) in [6.07, 6.45) is -4.42. The lowest BCUT2D eigenvalue weighted by Gasteiger charge is -2.49. The first-order valence-electron chi connectivity index (χ1n) is 12.1. The molecule has 0 spiro atoms. The summed E-state index contributed by atoms with van der Waals surface area (Å²) in [6.45, 7) is -3.12. The van der Waals surface area contributed by atoms with Crippen molar-refractivity contribution in [2.24, 2.45) is 5.73 Å². The zero-order valence-electron chi connectivity index (χ0n) is 20.9. The maximum absolute atomic E-state index is 13.8. The third-order valence-corrected chi connectivity index (χ3v) is 6.72. The number of pyridine rings is 1. The molecule has 0 bridgehead atoms. The smallest absolute Gasteiger partial charge is 0.376 e. The van der Waals surface area contributed by atoms with Gasteiger partial charge in [0, 0.05) is 43.0 Å². The standard InChI is InChI=1S/C25H24F5N5O5/c26-16-5-4-15(18(27)11-16)13-40-10-6-19(36)33-8-9-35-23(39)34(14-25(28,29)30)22(38)24(35,20(33)21(31)37)12-17-3-1-2-7-32-17/h1-5,7,11,20H,6,8-10,12-14H2,(H2,31,37). The Balaban J connectivity index is 1.60. The number of aromatic nitrogens is 1. The number of primary amides is 1. The quantitative estimate of drug-likeness (QED) is 0.279. The fraction of sp³-hybridized carbons (Fsp3) is 0.400. The first kappa shape index (κ1) is 28.9. The number of urea groups is 1. The topological polar surface area (TPSA) is 126 Å². The summed E-state index contributed by atoms with van der Waals surface area (Å²) in [6, 6.07) is 4.35. The minimum absolute atomic E-state index is 0.00715. The molecule has 214 valence electrons. The lowest BCUT2D eigenvalue weighted by Crippen LogP contribution is -2.74. The minimum atomic E-state index is -4.93. The number of rotatable bonds is 9. The lowest BCUT2D eigenvalue weighted by molar-refractivity contribution is -0.162. The Labute approximate surface area is 224 Å². The average molecular weight is 569 g/mol. The van der Waals surface area contributed by atoms with Crippen molar-refractivity contribution in [1.29, 1.82) is 0 Å². The summed E-state index contributed by atoms with van der Waals surface area (Å²) in [5.41, 5.74) is 3.58. The van der Waals surface area contributed by atoms with E-state index in [4.69, 9.17) is 10.5 Å². The molecule has 2 aliphatic rings. The molecule has 0 saturated carbocycles. The Hall–Kier alpha value is -4.14. The van der Waals surface area contributed by atoms with E-state index in [0.29, 0.717) is 6.07 Å². The molecule has 10 nitrogen and oxygen atoms in total. The van der Waals surface area contributed by atoms with Gasteiger partial charge in [-0.15, -0.1) is 0 Å². The van der Waals surface area contributed by atoms with E-state index in [-0.39, 0.29) is 48.9 Å². The summed E-state index contributed by atoms with van der Waals surface area (Å²) in [4.78, 5) is 58.6. The van der Waals surface area contributed by atoms with E-state index in [1.54, 1.807) is 12.1 Å². The second-order valence-electron chi connectivity index (χ2n) is 9.29. The molecule has 2 saturated heterocycles. The number of carbonyl (C=O) groups excluding carboxylic acids is 4. The van der Waals surface area contributed by atoms with Crippen molar-refractivity contribution >= 4 is 23.8 Å². The van der Waals surface area contributed by atoms with E-state index in [9.17, 15) is 41.1 Å². The Bertz CT molecular complexity index is 1310. The summed E-state index contributed by atoms with van der Waals surface area (Å²) in [5.74, 6) is -4.90. The lowest BCUT2D eigenvalue weighted by atomic mass is 9.80. The van der Waals surface area contributed by atoms with Gasteiger partial charge in [0.2, 0.25) is 11.8 Å². The van der Waals surface area contributed by atoms with Crippen LogP contribution in [0.1, 0.15) is 17.7 Å². The normalized spacial score (nSPS) is 21.1. The van der Waals surface area contributed by atoms with Gasteiger partial charge in [-0.3, -0.25) is 24.3 Å². The number of halogens is 5. The van der Waals surface area contributed by atoms with Gasteiger partial charge in [-0.05, 0) is 18.2 Å². The molecular formula is C25H24F5N5O5. The number of nitrogens with two attached hydrogens (primary N) is 1. The molecule has 3 heterocycles. The third-order valence-electron chi connectivity index (χ3n) is 6.72. The van der Waals surface area contributed by atoms with Crippen LogP contribution in [0, 0.1) is 11.6 Å². The summed E-state index contributed by atoms with van der Waals surface area (Å²) < 4.78 is 72.1. The number of carbonyl (C=O) groups is 4. The van der Waals surface area contributed by atoms with Crippen molar-refractivity contribution < 1.29 is 45.9 Å². The van der Waals surface area contributed by atoms with Crippen LogP contribution < -0.4 is 5.73 Å². The predicted octanol–water partition coefficient (Wildman–Crippen LogP) is 1.77. The Morgan fingerprint density at radius 3 is 2.50 bits per heavy atom. The van der Waals surface area contributed by atoms with Crippen LogP contribution in [-0.2, 0) is 32.1 Å². The van der Waals surface area contributed by atoms with Crippen molar-refractivity contribution in [2.45, 2.75) is 37.2 Å². The van der Waals surface area contributed by atoms with Crippen LogP contribution in [0.25, 0.3) is 0 Å². The predicted molar refractivity (Wildman–Crippen MR) is 126 cm³/mol. The van der Waals surface area contributed by atoms with Crippen LogP contribution in [0.5, 0.6) is 0 Å². The number of piperazine rings is 1. The van der Waals surface area contributed by atoms with Crippen molar-refractivity contribution in [3.05, 3.63) is 65.5 Å². The molecule has 2 N–H and O–H groups in total. The number of alkyl halides is 3. The number of ether oxygens (including phenoxy) is 1. The van der Waals surface area contributed by atoms with Gasteiger partial charge < -0.3 is 20.3 Å². The SMILES string of the molecule is NC(=O)C1N(C(=O)CCOCc2ccc(F)cc2F)CCN2C(=O)N(CC(F)(F)F)C(=O)C12Cc1ccccn1. The van der Waals surface area contributed by atoms with Gasteiger partial charge in [0.1, 0.15) is 24.2 Å². The van der Waals surface area contributed by atoms with Gasteiger partial charge in [0.25, 0.3) is 5.91 Å². The summed E-state index contributed by atoms with van der Waals surface area (Å²) >= 11 is 0. The van der Waals surface area contributed by atoms with Gasteiger partial charge in [0.15, 0.2) is 5.54 Å². The zero-order chi connectivity index (χ0) is 29.2. The van der Waals surface area contributed by atoms with Gasteiger partial charge >= 0.3 is 12.2 Å². The van der Waals surface area contributed by atoms with Crippen LogP contribution in [0.15, 0.2) is 42.6 Å². The van der Waals surface area contributed by atoms with Crippen molar-refractivity contribution in [3.8, 4) is 0 Å². The number of fused-ring (bicyclic) bond motifs is 1. The number of benzene rings is 1. The maximum atomic E-state index is 13.8. The molecule has 1 aromatic carbocycles. The minimum Gasteiger partial charge on any atom is -0.376 e. The molecule has 2 aliphatic heterocycles. The second-order valence-corrected chi connectivity index (χ2v) is 9.29. The molecule has 2 unspecified atom stereocenters. The molecule has 5 amide bonds. The second kappa shape index (κ2) is 11.2. The van der Waals surface area contributed by atoms with Crippen LogP contribution in [-0.4, -0.2) is 87.4 Å². The molecule has 0 aliphatic carbocycles. The Kier molecular flexibility index (Phi) is 8.05. The van der Waals surface area contributed by atoms with Crippen LogP contribution >= 0.6 is 0 Å². The number of imide groups is 1. The fourth-order valence-electron chi connectivity index (χ4n) is 5.05. The highest BCUT2D eigenvalue weighted by Gasteiger charge is 2.67. The summed E-state index contributed by atoms with van der Waals surface area (Å²) in [5, 5.41) is 0. The third kappa shape index (κ3) is 5.59. The van der Waals surface area contributed by atoms with Crippen LogP contribution in [0.3, 0.4) is 0 Å². The van der Waals surface area contributed by atoms with Crippen molar-refractivity contribution in [2.75, 3.05) is 26.2 Å². The molecule has 2 atom stereocenters. The van der Waals surface area contributed by atoms with E-state index < -0.39 is 66.1 Å². The van der Waals surface area contributed by atoms with E-state index in [1.807, 2.05) is 0 Å². The molecular weight excluding hydrogens is 545 g/mol. The van der Waals surface area contributed by atoms with E-state index >= 15 is 0 Å². The van der Waals surface area contributed by atoms with Crippen molar-refractivity contribution in [3.63, 3.8) is 0 Å². The zero-order valence-corrected chi connectivity index (χ0v) is 20.9. The van der Waals surface area contributed by atoms with Gasteiger partial charge in [-0.25, -0.2) is 13.6 Å². The largest absolute Gasteiger partial charge is 0.406 e. The first-order chi connectivity index (χ1) is 18.8. The highest BCUT2D eigenvalue weighted by atomic mass is 19.4. The molecule has 4 rings (SSSR count). The van der Waals surface area contributed by atoms with E-state index in [0.717, 1.165) is 15.9 Å². The van der Waals surface area contributed by atoms with Crippen LogP contribution in [0.2, 0.25) is 0 Å². The number of hydrogen-bond donors (Lipinski definition) is 1. The Morgan fingerprint density at radius 2 is 1.88 bits per heavy atom. The number of amides is 5. The highest BCUT2D eigenvalue weighted by molar-refractivity contribution is 6.11. The summed E-state index contributed by atoms with van der Waals surface area (Å²) in [7, 11) is 0. The number of hydrogen-bond acceptors (Lipinski definition) is 6. The molecule has 2 fully saturated rings. The molecule has 40 heavy (non-hydrogen) atoms. The maximum Gasteiger partial charge on any atom is 0.406 e. The van der Waals surface area contributed by atoms with Gasteiger partial charge in [0.05, 0.1) is 19.6 Å². The van der Waals surface area contributed by atoms with Crippen molar-refractivity contribution in [1.82, 2.24) is 19.7 Å².